The van der Waals surface area contributed by atoms with E-state index < -0.39 is 0 Å². The first-order chi connectivity index (χ1) is 5.46. The van der Waals surface area contributed by atoms with E-state index in [1.54, 1.807) is 0 Å². The summed E-state index contributed by atoms with van der Waals surface area (Å²) < 4.78 is 5.41. The van der Waals surface area contributed by atoms with Gasteiger partial charge in [-0.15, -0.1) is 0 Å². The van der Waals surface area contributed by atoms with Crippen LogP contribution >= 0.6 is 0 Å². The predicted molar refractivity (Wildman–Crippen MR) is 51.3 cm³/mol. The summed E-state index contributed by atoms with van der Waals surface area (Å²) in [5.74, 6) is 0. The highest BCUT2D eigenvalue weighted by Crippen LogP contribution is 2.27. The molecule has 2 nitrogen and oxygen atoms in total. The lowest BCUT2D eigenvalue weighted by molar-refractivity contribution is 0.0444. The molecule has 1 fully saturated rings. The molecule has 0 spiro atoms. The topological polar surface area (TPSA) is 12.5 Å². The van der Waals surface area contributed by atoms with Crippen LogP contribution < -0.4 is 0 Å². The Morgan fingerprint density at radius 3 is 2.17 bits per heavy atom. The van der Waals surface area contributed by atoms with E-state index in [0.29, 0.717) is 12.1 Å². The number of hydrogen-bond acceptors (Lipinski definition) is 2. The van der Waals surface area contributed by atoms with E-state index in [2.05, 4.69) is 32.6 Å². The molecular weight excluding hydrogens is 150 g/mol. The third-order valence-electron chi connectivity index (χ3n) is 2.85. The average molecular weight is 171 g/mol. The van der Waals surface area contributed by atoms with Gasteiger partial charge in [0.1, 0.15) is 0 Å². The number of likely N-dealkylation sites (tertiary alicyclic amines) is 1. The second-order valence-corrected chi connectivity index (χ2v) is 4.67. The highest BCUT2D eigenvalue weighted by molar-refractivity contribution is 4.91. The Morgan fingerprint density at radius 1 is 1.33 bits per heavy atom. The maximum Gasteiger partial charge on any atom is 0.0736 e. The Bertz CT molecular complexity index is 150. The summed E-state index contributed by atoms with van der Waals surface area (Å²) in [6.45, 7) is 10.2. The van der Waals surface area contributed by atoms with Gasteiger partial charge in [0.05, 0.1) is 6.10 Å². The second kappa shape index (κ2) is 3.35. The van der Waals surface area contributed by atoms with Gasteiger partial charge in [-0.05, 0) is 34.1 Å². The highest BCUT2D eigenvalue weighted by Gasteiger charge is 2.36. The fourth-order valence-electron chi connectivity index (χ4n) is 2.17. The van der Waals surface area contributed by atoms with Crippen LogP contribution in [0.2, 0.25) is 0 Å². The predicted octanol–water partition coefficient (Wildman–Crippen LogP) is 1.89. The lowest BCUT2D eigenvalue weighted by Crippen LogP contribution is -2.45. The van der Waals surface area contributed by atoms with Gasteiger partial charge in [-0.1, -0.05) is 0 Å². The molecule has 0 bridgehead atoms. The summed E-state index contributed by atoms with van der Waals surface area (Å²) in [7, 11) is 1.81. The van der Waals surface area contributed by atoms with Crippen molar-refractivity contribution < 1.29 is 4.74 Å². The third-order valence-corrected chi connectivity index (χ3v) is 2.85. The van der Waals surface area contributed by atoms with Gasteiger partial charge in [0.15, 0.2) is 0 Å². The molecule has 72 valence electrons. The van der Waals surface area contributed by atoms with Crippen LogP contribution in [-0.2, 0) is 4.74 Å². The molecule has 0 radical (unpaired) electrons. The van der Waals surface area contributed by atoms with E-state index >= 15 is 0 Å². The zero-order valence-electron chi connectivity index (χ0n) is 8.92. The van der Waals surface area contributed by atoms with Crippen molar-refractivity contribution in [2.75, 3.05) is 13.7 Å². The monoisotopic (exact) mass is 171 g/mol. The number of rotatable bonds is 1. The summed E-state index contributed by atoms with van der Waals surface area (Å²) in [6, 6.07) is 0.565. The van der Waals surface area contributed by atoms with Crippen molar-refractivity contribution in [1.82, 2.24) is 4.90 Å². The zero-order chi connectivity index (χ0) is 9.35. The standard InChI is InChI=1S/C10H21NO/c1-8-9(12-5)6-7-11(8)10(2,3)4/h8-9H,6-7H2,1-5H3/t8?,9-/m0/s1. The van der Waals surface area contributed by atoms with Crippen LogP contribution in [0.1, 0.15) is 34.1 Å². The molecule has 0 aromatic carbocycles. The molecule has 1 rings (SSSR count). The minimum absolute atomic E-state index is 0.284. The molecule has 1 heterocycles. The minimum atomic E-state index is 0.284. The first-order valence-electron chi connectivity index (χ1n) is 4.76. The first-order valence-corrected chi connectivity index (χ1v) is 4.76. The van der Waals surface area contributed by atoms with E-state index in [-0.39, 0.29) is 5.54 Å². The Kier molecular flexibility index (Phi) is 2.79. The van der Waals surface area contributed by atoms with E-state index in [0.717, 1.165) is 0 Å². The van der Waals surface area contributed by atoms with Crippen LogP contribution in [0.4, 0.5) is 0 Å². The van der Waals surface area contributed by atoms with Crippen LogP contribution in [0.3, 0.4) is 0 Å². The molecule has 12 heavy (non-hydrogen) atoms. The van der Waals surface area contributed by atoms with Crippen LogP contribution in [0.15, 0.2) is 0 Å². The SMILES string of the molecule is CO[C@H]1CCN(C(C)(C)C)C1C. The van der Waals surface area contributed by atoms with Gasteiger partial charge >= 0.3 is 0 Å². The number of methoxy groups -OCH3 is 1. The zero-order valence-corrected chi connectivity index (χ0v) is 8.92. The van der Waals surface area contributed by atoms with Crippen molar-refractivity contribution in [2.24, 2.45) is 0 Å². The Morgan fingerprint density at radius 2 is 1.92 bits per heavy atom. The summed E-state index contributed by atoms with van der Waals surface area (Å²) in [4.78, 5) is 2.52. The van der Waals surface area contributed by atoms with Gasteiger partial charge < -0.3 is 4.74 Å². The van der Waals surface area contributed by atoms with Gasteiger partial charge in [0.25, 0.3) is 0 Å². The Balaban J connectivity index is 2.61. The minimum Gasteiger partial charge on any atom is -0.380 e. The van der Waals surface area contributed by atoms with Crippen LogP contribution in [0.5, 0.6) is 0 Å². The summed E-state index contributed by atoms with van der Waals surface area (Å²) >= 11 is 0. The maximum absolute atomic E-state index is 5.41. The van der Waals surface area contributed by atoms with Crippen LogP contribution in [0, 0.1) is 0 Å². The molecule has 2 heteroatoms. The van der Waals surface area contributed by atoms with Crippen molar-refractivity contribution in [1.29, 1.82) is 0 Å². The molecule has 0 amide bonds. The van der Waals surface area contributed by atoms with Gasteiger partial charge in [0, 0.05) is 25.2 Å². The molecule has 0 aliphatic carbocycles. The molecule has 0 aromatic rings. The molecule has 1 unspecified atom stereocenters. The van der Waals surface area contributed by atoms with Gasteiger partial charge in [-0.25, -0.2) is 0 Å². The molecule has 1 aliphatic heterocycles. The van der Waals surface area contributed by atoms with E-state index in [1.807, 2.05) is 7.11 Å². The molecule has 1 saturated heterocycles. The van der Waals surface area contributed by atoms with Crippen molar-refractivity contribution in [3.63, 3.8) is 0 Å². The number of hydrogen-bond donors (Lipinski definition) is 0. The van der Waals surface area contributed by atoms with E-state index in [4.69, 9.17) is 4.74 Å². The lowest BCUT2D eigenvalue weighted by Gasteiger charge is -2.36. The van der Waals surface area contributed by atoms with E-state index in [1.165, 1.54) is 13.0 Å². The fraction of sp³-hybridized carbons (Fsp3) is 1.00. The Labute approximate surface area is 75.9 Å². The lowest BCUT2D eigenvalue weighted by atomic mass is 10.0. The molecule has 0 saturated carbocycles. The third kappa shape index (κ3) is 1.80. The first kappa shape index (κ1) is 10.0. The van der Waals surface area contributed by atoms with Crippen molar-refractivity contribution in [2.45, 2.75) is 51.8 Å². The summed E-state index contributed by atoms with van der Waals surface area (Å²) in [5, 5.41) is 0. The van der Waals surface area contributed by atoms with Crippen LogP contribution in [0.25, 0.3) is 0 Å². The van der Waals surface area contributed by atoms with Crippen molar-refractivity contribution in [3.8, 4) is 0 Å². The second-order valence-electron chi connectivity index (χ2n) is 4.67. The molecule has 1 aliphatic rings. The fourth-order valence-corrected chi connectivity index (χ4v) is 2.17. The van der Waals surface area contributed by atoms with Gasteiger partial charge in [0.2, 0.25) is 0 Å². The molecular formula is C10H21NO. The normalized spacial score (nSPS) is 32.8. The highest BCUT2D eigenvalue weighted by atomic mass is 16.5. The maximum atomic E-state index is 5.41. The van der Waals surface area contributed by atoms with Gasteiger partial charge in [-0.2, -0.15) is 0 Å². The summed E-state index contributed by atoms with van der Waals surface area (Å²) in [6.07, 6.45) is 1.61. The summed E-state index contributed by atoms with van der Waals surface area (Å²) in [5.41, 5.74) is 0.284. The quantitative estimate of drug-likeness (QED) is 0.597. The van der Waals surface area contributed by atoms with E-state index in [9.17, 15) is 0 Å². The molecule has 0 aromatic heterocycles. The largest absolute Gasteiger partial charge is 0.380 e. The smallest absolute Gasteiger partial charge is 0.0736 e. The number of ether oxygens (including phenoxy) is 1. The van der Waals surface area contributed by atoms with Gasteiger partial charge in [-0.3, -0.25) is 4.90 Å². The molecule has 2 atom stereocenters. The average Bonchev–Trinajstić information content (AvgIpc) is 2.29. The Hall–Kier alpha value is -0.0800. The van der Waals surface area contributed by atoms with Crippen molar-refractivity contribution >= 4 is 0 Å². The van der Waals surface area contributed by atoms with Crippen LogP contribution in [-0.4, -0.2) is 36.2 Å². The molecule has 0 N–H and O–H groups in total. The number of nitrogens with zero attached hydrogens (tertiary/aromatic N) is 1. The van der Waals surface area contributed by atoms with Crippen molar-refractivity contribution in [3.05, 3.63) is 0 Å².